The highest BCUT2D eigenvalue weighted by Gasteiger charge is 2.46. The van der Waals surface area contributed by atoms with Crippen molar-refractivity contribution in [1.29, 1.82) is 5.41 Å². The fraction of sp³-hybridized carbons (Fsp3) is 0.333. The van der Waals surface area contributed by atoms with Gasteiger partial charge in [-0.2, -0.15) is 0 Å². The van der Waals surface area contributed by atoms with Crippen LogP contribution in [0.15, 0.2) is 48.6 Å². The first-order valence-electron chi connectivity index (χ1n) is 8.36. The molecule has 0 bridgehead atoms. The third kappa shape index (κ3) is 3.65. The Morgan fingerprint density at radius 1 is 1.35 bits per heavy atom. The normalized spacial score (nSPS) is 26.1. The first-order chi connectivity index (χ1) is 12.2. The van der Waals surface area contributed by atoms with Gasteiger partial charge in [-0.15, -0.1) is 0 Å². The van der Waals surface area contributed by atoms with Crippen molar-refractivity contribution in [1.82, 2.24) is 4.90 Å². The Morgan fingerprint density at radius 2 is 2.04 bits per heavy atom. The van der Waals surface area contributed by atoms with Crippen LogP contribution in [0.2, 0.25) is 0 Å². The van der Waals surface area contributed by atoms with E-state index in [4.69, 9.17) is 11.1 Å². The van der Waals surface area contributed by atoms with Gasteiger partial charge in [0.1, 0.15) is 11.4 Å². The highest BCUT2D eigenvalue weighted by molar-refractivity contribution is 7.51. The van der Waals surface area contributed by atoms with Gasteiger partial charge < -0.3 is 20.4 Å². The molecule has 1 aromatic carbocycles. The maximum Gasteiger partial charge on any atom is 0.325 e. The highest BCUT2D eigenvalue weighted by atomic mass is 31.2. The van der Waals surface area contributed by atoms with Crippen LogP contribution in [0.1, 0.15) is 18.4 Å². The summed E-state index contributed by atoms with van der Waals surface area (Å²) in [4.78, 5) is 32.4. The third-order valence-electron chi connectivity index (χ3n) is 4.93. The molecular weight excluding hydrogens is 353 g/mol. The molecule has 2 unspecified atom stereocenters. The SMILES string of the molecule is N=C(N)C1(N2CC(CP(=O)(O)O)CC2=O)C=CC(c2ccccc2)=CC1. The summed E-state index contributed by atoms with van der Waals surface area (Å²) in [6.45, 7) is 0.183. The standard InChI is InChI=1S/C18H22N3O4P/c19-17(20)18(21-11-13(10-16(21)22)12-26(23,24)25)8-6-15(7-9-18)14-4-2-1-3-5-14/h1-8,13H,9-12H2,(H3,19,20)(H2,23,24,25). The molecule has 138 valence electrons. The van der Waals surface area contributed by atoms with Crippen LogP contribution >= 0.6 is 7.60 Å². The van der Waals surface area contributed by atoms with Crippen LogP contribution in [0, 0.1) is 11.3 Å². The number of carbonyl (C=O) groups excluding carboxylic acids is 1. The van der Waals surface area contributed by atoms with E-state index in [0.29, 0.717) is 6.42 Å². The molecule has 3 rings (SSSR count). The number of nitrogens with one attached hydrogen (secondary N) is 1. The van der Waals surface area contributed by atoms with E-state index in [1.807, 2.05) is 42.5 Å². The molecule has 0 aromatic heterocycles. The van der Waals surface area contributed by atoms with Crippen LogP contribution in [0.3, 0.4) is 0 Å². The fourth-order valence-electron chi connectivity index (χ4n) is 3.65. The lowest BCUT2D eigenvalue weighted by Gasteiger charge is -2.40. The van der Waals surface area contributed by atoms with E-state index in [1.54, 1.807) is 6.08 Å². The molecule has 7 nitrogen and oxygen atoms in total. The minimum absolute atomic E-state index is 0.0588. The Kier molecular flexibility index (Phi) is 4.88. The monoisotopic (exact) mass is 375 g/mol. The molecule has 1 amide bonds. The van der Waals surface area contributed by atoms with E-state index in [9.17, 15) is 19.1 Å². The number of hydrogen-bond acceptors (Lipinski definition) is 3. The molecule has 8 heteroatoms. The zero-order valence-corrected chi connectivity index (χ0v) is 15.1. The van der Waals surface area contributed by atoms with E-state index < -0.39 is 19.1 Å². The van der Waals surface area contributed by atoms with Gasteiger partial charge in [0.05, 0.1) is 6.16 Å². The molecule has 1 fully saturated rings. The Hall–Kier alpha value is -2.21. The summed E-state index contributed by atoms with van der Waals surface area (Å²) in [5.41, 5.74) is 6.81. The molecule has 26 heavy (non-hydrogen) atoms. The average molecular weight is 375 g/mol. The lowest BCUT2D eigenvalue weighted by molar-refractivity contribution is -0.130. The Labute approximate surface area is 151 Å². The number of rotatable bonds is 5. The summed E-state index contributed by atoms with van der Waals surface area (Å²) in [7, 11) is -4.20. The quantitative estimate of drug-likeness (QED) is 0.354. The van der Waals surface area contributed by atoms with Gasteiger partial charge in [0.2, 0.25) is 5.91 Å². The number of nitrogens with two attached hydrogens (primary N) is 1. The van der Waals surface area contributed by atoms with E-state index in [-0.39, 0.29) is 30.9 Å². The third-order valence-corrected chi connectivity index (χ3v) is 5.92. The van der Waals surface area contributed by atoms with Gasteiger partial charge in [-0.05, 0) is 17.1 Å². The number of amides is 1. The summed E-state index contributed by atoms with van der Waals surface area (Å²) < 4.78 is 11.3. The Balaban J connectivity index is 1.84. The van der Waals surface area contributed by atoms with Crippen molar-refractivity contribution in [3.63, 3.8) is 0 Å². The molecule has 1 aliphatic carbocycles. The summed E-state index contributed by atoms with van der Waals surface area (Å²) >= 11 is 0. The lowest BCUT2D eigenvalue weighted by Crippen LogP contribution is -2.57. The van der Waals surface area contributed by atoms with Gasteiger partial charge >= 0.3 is 7.60 Å². The molecule has 1 aliphatic heterocycles. The van der Waals surface area contributed by atoms with Crippen LogP contribution in [0.5, 0.6) is 0 Å². The topological polar surface area (TPSA) is 128 Å². The number of allylic oxidation sites excluding steroid dienone is 2. The largest absolute Gasteiger partial charge is 0.385 e. The van der Waals surface area contributed by atoms with Gasteiger partial charge in [-0.25, -0.2) is 0 Å². The summed E-state index contributed by atoms with van der Waals surface area (Å²) in [5.74, 6) is -0.824. The second kappa shape index (κ2) is 6.83. The molecular formula is C18H22N3O4P. The number of likely N-dealkylation sites (tertiary alicyclic amines) is 1. The van der Waals surface area contributed by atoms with Crippen molar-refractivity contribution in [3.05, 3.63) is 54.1 Å². The minimum Gasteiger partial charge on any atom is -0.385 e. The fourth-order valence-corrected chi connectivity index (χ4v) is 4.56. The number of hydrogen-bond donors (Lipinski definition) is 4. The molecule has 0 spiro atoms. The second-order valence-electron chi connectivity index (χ2n) is 6.82. The second-order valence-corrected chi connectivity index (χ2v) is 8.52. The van der Waals surface area contributed by atoms with Crippen molar-refractivity contribution in [3.8, 4) is 0 Å². The number of nitrogens with zero attached hydrogens (tertiary/aromatic N) is 1. The molecule has 0 saturated carbocycles. The van der Waals surface area contributed by atoms with Crippen LogP contribution in [-0.4, -0.2) is 44.7 Å². The smallest absolute Gasteiger partial charge is 0.325 e. The number of benzene rings is 1. The van der Waals surface area contributed by atoms with Crippen LogP contribution in [0.25, 0.3) is 5.57 Å². The van der Waals surface area contributed by atoms with Crippen LogP contribution in [0.4, 0.5) is 0 Å². The highest BCUT2D eigenvalue weighted by Crippen LogP contribution is 2.42. The van der Waals surface area contributed by atoms with E-state index in [1.165, 1.54) is 4.90 Å². The number of amidine groups is 1. The van der Waals surface area contributed by atoms with Gasteiger partial charge in [0, 0.05) is 19.4 Å². The van der Waals surface area contributed by atoms with Crippen molar-refractivity contribution in [2.45, 2.75) is 18.4 Å². The summed E-state index contributed by atoms with van der Waals surface area (Å²) in [5, 5.41) is 8.06. The molecule has 2 atom stereocenters. The zero-order valence-electron chi connectivity index (χ0n) is 14.2. The van der Waals surface area contributed by atoms with Crippen molar-refractivity contribution in [2.24, 2.45) is 11.7 Å². The molecule has 2 aliphatic rings. The zero-order chi connectivity index (χ0) is 18.9. The number of carbonyl (C=O) groups is 1. The van der Waals surface area contributed by atoms with Gasteiger partial charge in [-0.3, -0.25) is 14.8 Å². The van der Waals surface area contributed by atoms with E-state index in [0.717, 1.165) is 11.1 Å². The lowest BCUT2D eigenvalue weighted by atomic mass is 9.84. The first kappa shape index (κ1) is 18.6. The van der Waals surface area contributed by atoms with Crippen molar-refractivity contribution in [2.75, 3.05) is 12.7 Å². The average Bonchev–Trinajstić information content (AvgIpc) is 2.94. The van der Waals surface area contributed by atoms with E-state index in [2.05, 4.69) is 0 Å². The molecule has 1 heterocycles. The molecule has 1 saturated heterocycles. The predicted octanol–water partition coefficient (Wildman–Crippen LogP) is 1.73. The first-order valence-corrected chi connectivity index (χ1v) is 10.2. The summed E-state index contributed by atoms with van der Waals surface area (Å²) in [6, 6.07) is 9.77. The minimum atomic E-state index is -4.20. The van der Waals surface area contributed by atoms with Crippen LogP contribution in [-0.2, 0) is 9.36 Å². The molecule has 5 N–H and O–H groups in total. The van der Waals surface area contributed by atoms with Gasteiger partial charge in [0.25, 0.3) is 0 Å². The van der Waals surface area contributed by atoms with Crippen molar-refractivity contribution < 1.29 is 19.1 Å². The van der Waals surface area contributed by atoms with Gasteiger partial charge in [-0.1, -0.05) is 48.6 Å². The predicted molar refractivity (Wildman–Crippen MR) is 99.6 cm³/mol. The molecule has 0 radical (unpaired) electrons. The Morgan fingerprint density at radius 3 is 2.58 bits per heavy atom. The van der Waals surface area contributed by atoms with Crippen LogP contribution < -0.4 is 5.73 Å². The summed E-state index contributed by atoms with van der Waals surface area (Å²) in [6.07, 6.45) is 5.64. The van der Waals surface area contributed by atoms with Gasteiger partial charge in [0.15, 0.2) is 0 Å². The van der Waals surface area contributed by atoms with E-state index >= 15 is 0 Å². The van der Waals surface area contributed by atoms with Crippen molar-refractivity contribution >= 4 is 24.9 Å². The maximum atomic E-state index is 12.5. The Bertz CT molecular complexity index is 830. The molecule has 1 aromatic rings. The maximum absolute atomic E-state index is 12.5.